The van der Waals surface area contributed by atoms with Crippen LogP contribution in [0.1, 0.15) is 48.0 Å². The zero-order valence-corrected chi connectivity index (χ0v) is 14.3. The molecule has 118 valence electrons. The van der Waals surface area contributed by atoms with Crippen molar-refractivity contribution in [3.63, 3.8) is 0 Å². The Morgan fingerprint density at radius 1 is 1.20 bits per heavy atom. The lowest BCUT2D eigenvalue weighted by atomic mass is 9.64. The van der Waals surface area contributed by atoms with Crippen LogP contribution in [0.4, 0.5) is 0 Å². The topological polar surface area (TPSA) is 77.8 Å². The van der Waals surface area contributed by atoms with Crippen molar-refractivity contribution >= 4 is 7.60 Å². The van der Waals surface area contributed by atoms with Crippen LogP contribution in [0.25, 0.3) is 0 Å². The summed E-state index contributed by atoms with van der Waals surface area (Å²) in [6, 6.07) is 0. The van der Waals surface area contributed by atoms with E-state index in [4.69, 9.17) is 0 Å². The van der Waals surface area contributed by atoms with Gasteiger partial charge in [0.1, 0.15) is 0 Å². The number of hydrogen-bond acceptors (Lipinski definition) is 2. The summed E-state index contributed by atoms with van der Waals surface area (Å²) in [5.41, 5.74) is 0.607. The van der Waals surface area contributed by atoms with Gasteiger partial charge < -0.3 is 14.9 Å². The highest BCUT2D eigenvalue weighted by atomic mass is 31.2. The summed E-state index contributed by atoms with van der Waals surface area (Å²) < 4.78 is 11.3. The van der Waals surface area contributed by atoms with E-state index in [1.165, 1.54) is 0 Å². The zero-order chi connectivity index (χ0) is 15.9. The Hall–Kier alpha value is -0.150. The van der Waals surface area contributed by atoms with Crippen LogP contribution in [0.2, 0.25) is 0 Å². The third kappa shape index (κ3) is 4.70. The van der Waals surface area contributed by atoms with Crippen LogP contribution < -0.4 is 0 Å². The highest BCUT2D eigenvalue weighted by molar-refractivity contribution is 7.51. The Morgan fingerprint density at radius 2 is 1.70 bits per heavy atom. The molecule has 0 saturated heterocycles. The molecule has 0 aromatic rings. The van der Waals surface area contributed by atoms with Crippen molar-refractivity contribution in [1.29, 1.82) is 0 Å². The zero-order valence-electron chi connectivity index (χ0n) is 13.4. The number of aliphatic hydroxyl groups is 1. The van der Waals surface area contributed by atoms with Gasteiger partial charge in [0.25, 0.3) is 0 Å². The number of hydrogen-bond donors (Lipinski definition) is 3. The molecular formula is C15H29O4P. The molecule has 5 heteroatoms. The lowest BCUT2D eigenvalue weighted by Gasteiger charge is -2.44. The van der Waals surface area contributed by atoms with Crippen molar-refractivity contribution in [2.45, 2.75) is 54.1 Å². The van der Waals surface area contributed by atoms with Crippen LogP contribution in [-0.4, -0.2) is 27.2 Å². The van der Waals surface area contributed by atoms with Crippen molar-refractivity contribution < 1.29 is 19.5 Å². The predicted molar refractivity (Wildman–Crippen MR) is 81.5 cm³/mol. The van der Waals surface area contributed by atoms with Gasteiger partial charge in [0, 0.05) is 0 Å². The molecule has 1 aliphatic carbocycles. The third-order valence-corrected chi connectivity index (χ3v) is 5.07. The third-order valence-electron chi connectivity index (χ3n) is 4.12. The van der Waals surface area contributed by atoms with Crippen molar-refractivity contribution in [1.82, 2.24) is 0 Å². The van der Waals surface area contributed by atoms with Gasteiger partial charge in [0.2, 0.25) is 0 Å². The van der Waals surface area contributed by atoms with Crippen molar-refractivity contribution in [3.8, 4) is 0 Å². The fourth-order valence-electron chi connectivity index (χ4n) is 3.05. The molecule has 0 amide bonds. The van der Waals surface area contributed by atoms with E-state index >= 15 is 0 Å². The Kier molecular flexibility index (Phi) is 4.98. The fraction of sp³-hybridized carbons (Fsp3) is 0.867. The van der Waals surface area contributed by atoms with Crippen molar-refractivity contribution in [2.75, 3.05) is 6.16 Å². The summed E-state index contributed by atoms with van der Waals surface area (Å²) >= 11 is 0. The molecule has 0 bridgehead atoms. The summed E-state index contributed by atoms with van der Waals surface area (Å²) in [5, 5.41) is 10.7. The van der Waals surface area contributed by atoms with Crippen LogP contribution >= 0.6 is 7.60 Å². The van der Waals surface area contributed by atoms with E-state index in [9.17, 15) is 19.5 Å². The lowest BCUT2D eigenvalue weighted by Crippen LogP contribution is -2.41. The second-order valence-electron chi connectivity index (χ2n) is 8.13. The summed E-state index contributed by atoms with van der Waals surface area (Å²) in [7, 11) is -4.04. The van der Waals surface area contributed by atoms with Gasteiger partial charge in [-0.25, -0.2) is 0 Å². The molecule has 3 N–H and O–H groups in total. The maximum absolute atomic E-state index is 11.3. The molecular weight excluding hydrogens is 275 g/mol. The molecule has 0 aromatic heterocycles. The summed E-state index contributed by atoms with van der Waals surface area (Å²) in [5.74, 6) is -0.157. The van der Waals surface area contributed by atoms with E-state index in [2.05, 4.69) is 20.8 Å². The fourth-order valence-corrected chi connectivity index (χ4v) is 3.91. The molecule has 20 heavy (non-hydrogen) atoms. The summed E-state index contributed by atoms with van der Waals surface area (Å²) in [4.78, 5) is 18.5. The first kappa shape index (κ1) is 17.9. The minimum atomic E-state index is -4.04. The average molecular weight is 304 g/mol. The first-order valence-corrected chi connectivity index (χ1v) is 8.96. The van der Waals surface area contributed by atoms with Crippen LogP contribution in [0, 0.1) is 22.7 Å². The maximum atomic E-state index is 11.3. The minimum absolute atomic E-state index is 0.0123. The van der Waals surface area contributed by atoms with Gasteiger partial charge in [-0.1, -0.05) is 47.6 Å². The first-order valence-electron chi connectivity index (χ1n) is 7.16. The Labute approximate surface area is 122 Å². The van der Waals surface area contributed by atoms with Gasteiger partial charge in [-0.15, -0.1) is 0 Å². The average Bonchev–Trinajstić information content (AvgIpc) is 2.14. The second-order valence-corrected chi connectivity index (χ2v) is 9.83. The molecule has 0 spiro atoms. The molecule has 0 heterocycles. The van der Waals surface area contributed by atoms with Crippen molar-refractivity contribution in [2.24, 2.45) is 22.7 Å². The molecule has 4 nitrogen and oxygen atoms in total. The van der Waals surface area contributed by atoms with E-state index in [0.717, 1.165) is 5.57 Å². The first-order chi connectivity index (χ1) is 8.72. The smallest absolute Gasteiger partial charge is 0.326 e. The standard InChI is InChI=1S/C15H29O4P/c1-14(2,3)11-7-10(9-20(17,18)19)8-12(13(11)16)15(4,5)6/h7,10,12-13,16H,8-9H2,1-6H3,(H2,17,18,19). The van der Waals surface area contributed by atoms with Crippen molar-refractivity contribution in [3.05, 3.63) is 11.6 Å². The largest absolute Gasteiger partial charge is 0.388 e. The molecule has 0 fully saturated rings. The van der Waals surface area contributed by atoms with Gasteiger partial charge in [-0.05, 0) is 34.7 Å². The Morgan fingerprint density at radius 3 is 2.05 bits per heavy atom. The minimum Gasteiger partial charge on any atom is -0.388 e. The maximum Gasteiger partial charge on any atom is 0.326 e. The highest BCUT2D eigenvalue weighted by Crippen LogP contribution is 2.48. The molecule has 0 aliphatic heterocycles. The number of aliphatic hydroxyl groups excluding tert-OH is 1. The molecule has 0 aromatic carbocycles. The van der Waals surface area contributed by atoms with Crippen LogP contribution in [0.5, 0.6) is 0 Å². The summed E-state index contributed by atoms with van der Waals surface area (Å²) in [6.07, 6.45) is 1.84. The molecule has 0 radical (unpaired) electrons. The van der Waals surface area contributed by atoms with E-state index < -0.39 is 13.7 Å². The van der Waals surface area contributed by atoms with E-state index in [-0.39, 0.29) is 28.8 Å². The van der Waals surface area contributed by atoms with Gasteiger partial charge >= 0.3 is 7.60 Å². The Bertz CT molecular complexity index is 422. The number of rotatable bonds is 2. The number of allylic oxidation sites excluding steroid dienone is 1. The SMILES string of the molecule is CC(C)(C)C1=CC(CP(=O)(O)O)CC(C(C)(C)C)C1O. The molecule has 1 aliphatic rings. The van der Waals surface area contributed by atoms with Gasteiger partial charge in [0.15, 0.2) is 0 Å². The molecule has 0 saturated carbocycles. The molecule has 1 rings (SSSR count). The van der Waals surface area contributed by atoms with E-state index in [0.29, 0.717) is 6.42 Å². The molecule has 3 unspecified atom stereocenters. The lowest BCUT2D eigenvalue weighted by molar-refractivity contribution is 0.0342. The second kappa shape index (κ2) is 5.57. The van der Waals surface area contributed by atoms with Gasteiger partial charge in [-0.3, -0.25) is 4.57 Å². The van der Waals surface area contributed by atoms with Gasteiger partial charge in [-0.2, -0.15) is 0 Å². The summed E-state index contributed by atoms with van der Waals surface area (Å²) in [6.45, 7) is 12.3. The highest BCUT2D eigenvalue weighted by Gasteiger charge is 2.42. The monoisotopic (exact) mass is 304 g/mol. The van der Waals surface area contributed by atoms with E-state index in [1.54, 1.807) is 0 Å². The van der Waals surface area contributed by atoms with Crippen LogP contribution in [0.15, 0.2) is 11.6 Å². The predicted octanol–water partition coefficient (Wildman–Crippen LogP) is 3.18. The molecule has 3 atom stereocenters. The normalized spacial score (nSPS) is 29.2. The van der Waals surface area contributed by atoms with Crippen LogP contribution in [0.3, 0.4) is 0 Å². The quantitative estimate of drug-likeness (QED) is 0.541. The van der Waals surface area contributed by atoms with E-state index in [1.807, 2.05) is 26.8 Å². The van der Waals surface area contributed by atoms with Crippen LogP contribution in [-0.2, 0) is 4.57 Å². The van der Waals surface area contributed by atoms with Gasteiger partial charge in [0.05, 0.1) is 12.3 Å². The Balaban J connectivity index is 3.16.